The van der Waals surface area contributed by atoms with Gasteiger partial charge in [-0.15, -0.1) is 0 Å². The van der Waals surface area contributed by atoms with Gasteiger partial charge in [-0.2, -0.15) is 0 Å². The maximum Gasteiger partial charge on any atom is 0.260 e. The second-order valence-corrected chi connectivity index (χ2v) is 8.43. The number of benzene rings is 2. The Morgan fingerprint density at radius 1 is 1.13 bits per heavy atom. The van der Waals surface area contributed by atoms with E-state index in [4.69, 9.17) is 11.6 Å². The molecule has 1 heterocycles. The Morgan fingerprint density at radius 3 is 2.63 bits per heavy atom. The minimum Gasteiger partial charge on any atom is -0.373 e. The molecule has 6 heteroatoms. The molecule has 0 aliphatic heterocycles. The van der Waals surface area contributed by atoms with Crippen LogP contribution < -0.4 is 10.9 Å². The van der Waals surface area contributed by atoms with E-state index in [2.05, 4.69) is 5.32 Å². The van der Waals surface area contributed by atoms with E-state index in [1.54, 1.807) is 48.7 Å². The van der Waals surface area contributed by atoms with Gasteiger partial charge < -0.3 is 10.4 Å². The van der Waals surface area contributed by atoms with E-state index >= 15 is 0 Å². The molecular formula is C24H25ClN2O3. The number of pyridine rings is 1. The summed E-state index contributed by atoms with van der Waals surface area (Å²) in [5, 5.41) is 15.3. The summed E-state index contributed by atoms with van der Waals surface area (Å²) in [4.78, 5) is 25.8. The number of aromatic nitrogens is 1. The van der Waals surface area contributed by atoms with Crippen LogP contribution in [0.2, 0.25) is 5.02 Å². The topological polar surface area (TPSA) is 71.3 Å². The monoisotopic (exact) mass is 424 g/mol. The zero-order chi connectivity index (χ0) is 21.3. The first-order chi connectivity index (χ1) is 14.5. The van der Waals surface area contributed by atoms with Gasteiger partial charge in [-0.05, 0) is 55.7 Å². The van der Waals surface area contributed by atoms with Crippen molar-refractivity contribution < 1.29 is 9.90 Å². The molecule has 3 aromatic rings. The molecule has 30 heavy (non-hydrogen) atoms. The number of aryl methyl sites for hydroxylation is 1. The highest BCUT2D eigenvalue weighted by atomic mass is 35.5. The smallest absolute Gasteiger partial charge is 0.260 e. The molecule has 0 radical (unpaired) electrons. The lowest BCUT2D eigenvalue weighted by Gasteiger charge is -2.28. The number of hydrogen-bond acceptors (Lipinski definition) is 3. The lowest BCUT2D eigenvalue weighted by Crippen LogP contribution is -2.30. The normalized spacial score (nSPS) is 15.8. The first-order valence-corrected chi connectivity index (χ1v) is 10.7. The number of anilines is 1. The molecule has 1 unspecified atom stereocenters. The summed E-state index contributed by atoms with van der Waals surface area (Å²) in [6.07, 6.45) is 6.02. The Hall–Kier alpha value is -2.63. The molecule has 0 bridgehead atoms. The van der Waals surface area contributed by atoms with Crippen molar-refractivity contribution in [3.8, 4) is 0 Å². The number of nitrogens with zero attached hydrogens (tertiary/aromatic N) is 1. The molecule has 1 aliphatic carbocycles. The van der Waals surface area contributed by atoms with Gasteiger partial charge in [-0.25, -0.2) is 0 Å². The van der Waals surface area contributed by atoms with Crippen molar-refractivity contribution in [3.63, 3.8) is 0 Å². The number of carbonyl (C=O) groups excluding carboxylic acids is 1. The van der Waals surface area contributed by atoms with Crippen LogP contribution in [-0.2, 0) is 0 Å². The van der Waals surface area contributed by atoms with Gasteiger partial charge in [0.2, 0.25) is 0 Å². The lowest BCUT2D eigenvalue weighted by molar-refractivity contribution is 0.0210. The van der Waals surface area contributed by atoms with Crippen molar-refractivity contribution >= 4 is 34.0 Å². The number of halogens is 1. The van der Waals surface area contributed by atoms with Gasteiger partial charge in [0.25, 0.3) is 11.5 Å². The molecule has 1 amide bonds. The van der Waals surface area contributed by atoms with Crippen LogP contribution in [0.4, 0.5) is 5.69 Å². The summed E-state index contributed by atoms with van der Waals surface area (Å²) in [5.74, 6) is -0.195. The second kappa shape index (κ2) is 8.62. The van der Waals surface area contributed by atoms with Crippen molar-refractivity contribution in [2.75, 3.05) is 5.32 Å². The SMILES string of the molecule is Cc1ccc(C(=O)Nc2cccc3c(=O)n(C(O)C4CCCCC4)ccc23)cc1Cl. The Kier molecular flexibility index (Phi) is 5.93. The first-order valence-electron chi connectivity index (χ1n) is 10.3. The molecule has 1 atom stereocenters. The molecule has 4 rings (SSSR count). The van der Waals surface area contributed by atoms with Gasteiger partial charge in [0, 0.05) is 39.2 Å². The highest BCUT2D eigenvalue weighted by molar-refractivity contribution is 6.31. The van der Waals surface area contributed by atoms with Crippen LogP contribution in [0.3, 0.4) is 0 Å². The summed E-state index contributed by atoms with van der Waals surface area (Å²) in [6, 6.07) is 12.1. The predicted molar refractivity (Wildman–Crippen MR) is 120 cm³/mol. The number of rotatable bonds is 4. The van der Waals surface area contributed by atoms with Crippen molar-refractivity contribution in [2.24, 2.45) is 5.92 Å². The van der Waals surface area contributed by atoms with Crippen LogP contribution in [0.15, 0.2) is 53.5 Å². The number of hydrogen-bond donors (Lipinski definition) is 2. The standard InChI is InChI=1S/C24H25ClN2O3/c1-15-10-11-17(14-20(15)25)22(28)26-21-9-5-8-19-18(21)12-13-27(24(19)30)23(29)16-6-3-2-4-7-16/h5,8-14,16,23,29H,2-4,6-7H2,1H3,(H,26,28). The summed E-state index contributed by atoms with van der Waals surface area (Å²) in [6.45, 7) is 1.88. The van der Waals surface area contributed by atoms with Crippen LogP contribution in [0.5, 0.6) is 0 Å². The zero-order valence-corrected chi connectivity index (χ0v) is 17.7. The van der Waals surface area contributed by atoms with Gasteiger partial charge in [0.15, 0.2) is 0 Å². The summed E-state index contributed by atoms with van der Waals surface area (Å²) in [7, 11) is 0. The van der Waals surface area contributed by atoms with Gasteiger partial charge in [0.05, 0.1) is 0 Å². The van der Waals surface area contributed by atoms with Crippen molar-refractivity contribution in [2.45, 2.75) is 45.3 Å². The fraction of sp³-hybridized carbons (Fsp3) is 0.333. The average Bonchev–Trinajstić information content (AvgIpc) is 2.76. The van der Waals surface area contributed by atoms with E-state index in [1.165, 1.54) is 11.0 Å². The maximum absolute atomic E-state index is 13.1. The fourth-order valence-corrected chi connectivity index (χ4v) is 4.38. The third-order valence-electron chi connectivity index (χ3n) is 6.01. The quantitative estimate of drug-likeness (QED) is 0.598. The molecule has 0 saturated heterocycles. The largest absolute Gasteiger partial charge is 0.373 e. The summed E-state index contributed by atoms with van der Waals surface area (Å²) in [5.41, 5.74) is 1.64. The third kappa shape index (κ3) is 4.00. The second-order valence-electron chi connectivity index (χ2n) is 8.02. The molecule has 1 aliphatic rings. The van der Waals surface area contributed by atoms with Crippen molar-refractivity contribution in [3.05, 3.63) is 75.2 Å². The van der Waals surface area contributed by atoms with E-state index < -0.39 is 6.23 Å². The summed E-state index contributed by atoms with van der Waals surface area (Å²) < 4.78 is 1.42. The van der Waals surface area contributed by atoms with Crippen LogP contribution in [0.25, 0.3) is 10.8 Å². The molecule has 156 valence electrons. The molecule has 2 N–H and O–H groups in total. The van der Waals surface area contributed by atoms with Crippen molar-refractivity contribution in [1.82, 2.24) is 4.57 Å². The molecule has 2 aromatic carbocycles. The number of aliphatic hydroxyl groups is 1. The number of nitrogens with one attached hydrogen (secondary N) is 1. The molecular weight excluding hydrogens is 400 g/mol. The number of amides is 1. The van der Waals surface area contributed by atoms with Crippen LogP contribution in [-0.4, -0.2) is 15.6 Å². The van der Waals surface area contributed by atoms with E-state index in [0.29, 0.717) is 27.0 Å². The third-order valence-corrected chi connectivity index (χ3v) is 6.42. The van der Waals surface area contributed by atoms with Gasteiger partial charge >= 0.3 is 0 Å². The number of fused-ring (bicyclic) bond motifs is 1. The van der Waals surface area contributed by atoms with Crippen molar-refractivity contribution in [1.29, 1.82) is 0 Å². The highest BCUT2D eigenvalue weighted by Crippen LogP contribution is 2.31. The Balaban J connectivity index is 1.65. The van der Waals surface area contributed by atoms with Crippen LogP contribution in [0.1, 0.15) is 54.3 Å². The minimum absolute atomic E-state index is 0.100. The minimum atomic E-state index is -0.824. The molecule has 1 fully saturated rings. The van der Waals surface area contributed by atoms with E-state index in [-0.39, 0.29) is 17.4 Å². The maximum atomic E-state index is 13.1. The Morgan fingerprint density at radius 2 is 1.90 bits per heavy atom. The van der Waals surface area contributed by atoms with Gasteiger partial charge in [-0.3, -0.25) is 14.2 Å². The Bertz CT molecular complexity index is 1150. The number of aliphatic hydroxyl groups excluding tert-OH is 1. The molecule has 1 saturated carbocycles. The number of carbonyl (C=O) groups is 1. The Labute approximate surface area is 180 Å². The lowest BCUT2D eigenvalue weighted by atomic mass is 9.88. The average molecular weight is 425 g/mol. The first kappa shape index (κ1) is 20.6. The van der Waals surface area contributed by atoms with E-state index in [9.17, 15) is 14.7 Å². The van der Waals surface area contributed by atoms with Crippen LogP contribution in [0, 0.1) is 12.8 Å². The molecule has 1 aromatic heterocycles. The predicted octanol–water partition coefficient (Wildman–Crippen LogP) is 5.29. The summed E-state index contributed by atoms with van der Waals surface area (Å²) >= 11 is 6.14. The van der Waals surface area contributed by atoms with E-state index in [0.717, 1.165) is 31.2 Å². The zero-order valence-electron chi connectivity index (χ0n) is 16.9. The van der Waals surface area contributed by atoms with Gasteiger partial charge in [-0.1, -0.05) is 43.0 Å². The highest BCUT2D eigenvalue weighted by Gasteiger charge is 2.24. The molecule has 0 spiro atoms. The van der Waals surface area contributed by atoms with Gasteiger partial charge in [0.1, 0.15) is 6.23 Å². The van der Waals surface area contributed by atoms with E-state index in [1.807, 2.05) is 6.92 Å². The fourth-order valence-electron chi connectivity index (χ4n) is 4.20. The van der Waals surface area contributed by atoms with Crippen LogP contribution >= 0.6 is 11.6 Å². The molecule has 5 nitrogen and oxygen atoms in total.